The Morgan fingerprint density at radius 2 is 1.81 bits per heavy atom. The maximum atomic E-state index is 12.4. The minimum atomic E-state index is -0.525. The van der Waals surface area contributed by atoms with Gasteiger partial charge in [-0.2, -0.15) is 0 Å². The van der Waals surface area contributed by atoms with E-state index in [0.29, 0.717) is 6.54 Å². The fourth-order valence-electron chi connectivity index (χ4n) is 3.48. The van der Waals surface area contributed by atoms with Gasteiger partial charge >= 0.3 is 0 Å². The highest BCUT2D eigenvalue weighted by molar-refractivity contribution is 5.80. The van der Waals surface area contributed by atoms with E-state index in [9.17, 15) is 4.79 Å². The number of hydrogen-bond acceptors (Lipinski definition) is 3. The van der Waals surface area contributed by atoms with Gasteiger partial charge in [-0.25, -0.2) is 0 Å². The molecular formula is C23H30N2O2. The van der Waals surface area contributed by atoms with Gasteiger partial charge in [-0.15, -0.1) is 0 Å². The first-order chi connectivity index (χ1) is 13.1. The lowest BCUT2D eigenvalue weighted by Crippen LogP contribution is -2.36. The van der Waals surface area contributed by atoms with Gasteiger partial charge in [0.2, 0.25) is 0 Å². The molecule has 0 aliphatic carbocycles. The molecule has 1 atom stereocenters. The summed E-state index contributed by atoms with van der Waals surface area (Å²) < 4.78 is 5.80. The third kappa shape index (κ3) is 5.83. The van der Waals surface area contributed by atoms with Gasteiger partial charge in [0.15, 0.2) is 6.10 Å². The highest BCUT2D eigenvalue weighted by Crippen LogP contribution is 2.18. The van der Waals surface area contributed by atoms with Crippen LogP contribution in [0.15, 0.2) is 48.5 Å². The second-order valence-electron chi connectivity index (χ2n) is 7.40. The number of carbonyl (C=O) groups is 1. The number of benzene rings is 2. The molecule has 4 heteroatoms. The number of aryl methyl sites for hydroxylation is 1. The highest BCUT2D eigenvalue weighted by atomic mass is 16.5. The minimum absolute atomic E-state index is 0.0975. The SMILES string of the molecule is Cc1ccccc1OC(C)C(=O)NCc1cccc(CN2CCCCC2)c1. The third-order valence-corrected chi connectivity index (χ3v) is 5.08. The number of hydrogen-bond donors (Lipinski definition) is 1. The van der Waals surface area contributed by atoms with Gasteiger partial charge in [0.1, 0.15) is 5.75 Å². The minimum Gasteiger partial charge on any atom is -0.481 e. The maximum absolute atomic E-state index is 12.4. The summed E-state index contributed by atoms with van der Waals surface area (Å²) in [4.78, 5) is 14.9. The lowest BCUT2D eigenvalue weighted by molar-refractivity contribution is -0.127. The summed E-state index contributed by atoms with van der Waals surface area (Å²) in [5.74, 6) is 0.656. The topological polar surface area (TPSA) is 41.6 Å². The Labute approximate surface area is 162 Å². The van der Waals surface area contributed by atoms with Gasteiger partial charge < -0.3 is 10.1 Å². The molecule has 0 spiro atoms. The van der Waals surface area contributed by atoms with Crippen molar-refractivity contribution in [3.63, 3.8) is 0 Å². The highest BCUT2D eigenvalue weighted by Gasteiger charge is 2.15. The van der Waals surface area contributed by atoms with Crippen molar-refractivity contribution in [2.45, 2.75) is 52.3 Å². The smallest absolute Gasteiger partial charge is 0.261 e. The average Bonchev–Trinajstić information content (AvgIpc) is 2.69. The van der Waals surface area contributed by atoms with Crippen molar-refractivity contribution < 1.29 is 9.53 Å². The van der Waals surface area contributed by atoms with E-state index in [1.165, 1.54) is 37.9 Å². The summed E-state index contributed by atoms with van der Waals surface area (Å²) in [5.41, 5.74) is 3.47. The van der Waals surface area contributed by atoms with E-state index < -0.39 is 6.10 Å². The fraction of sp³-hybridized carbons (Fsp3) is 0.435. The second-order valence-corrected chi connectivity index (χ2v) is 7.40. The summed E-state index contributed by atoms with van der Waals surface area (Å²) in [6.45, 7) is 7.66. The zero-order valence-corrected chi connectivity index (χ0v) is 16.4. The van der Waals surface area contributed by atoms with Crippen molar-refractivity contribution in [1.82, 2.24) is 10.2 Å². The van der Waals surface area contributed by atoms with Crippen LogP contribution in [-0.4, -0.2) is 30.0 Å². The van der Waals surface area contributed by atoms with Crippen LogP contribution < -0.4 is 10.1 Å². The second kappa shape index (κ2) is 9.56. The molecule has 1 amide bonds. The predicted molar refractivity (Wildman–Crippen MR) is 109 cm³/mol. The van der Waals surface area contributed by atoms with Crippen molar-refractivity contribution in [3.05, 3.63) is 65.2 Å². The molecule has 1 aliphatic rings. The molecule has 0 radical (unpaired) electrons. The lowest BCUT2D eigenvalue weighted by atomic mass is 10.1. The molecule has 1 fully saturated rings. The van der Waals surface area contributed by atoms with Crippen LogP contribution >= 0.6 is 0 Å². The molecule has 0 bridgehead atoms. The molecule has 0 aromatic heterocycles. The average molecular weight is 367 g/mol. The summed E-state index contributed by atoms with van der Waals surface area (Å²) in [6, 6.07) is 16.3. The predicted octanol–water partition coefficient (Wildman–Crippen LogP) is 4.06. The zero-order valence-electron chi connectivity index (χ0n) is 16.4. The first kappa shape index (κ1) is 19.4. The van der Waals surface area contributed by atoms with Crippen molar-refractivity contribution in [2.24, 2.45) is 0 Å². The van der Waals surface area contributed by atoms with Crippen molar-refractivity contribution >= 4 is 5.91 Å². The molecule has 2 aromatic carbocycles. The number of para-hydroxylation sites is 1. The molecule has 4 nitrogen and oxygen atoms in total. The van der Waals surface area contributed by atoms with Gasteiger partial charge in [0, 0.05) is 13.1 Å². The van der Waals surface area contributed by atoms with Gasteiger partial charge in [-0.3, -0.25) is 9.69 Å². The standard InChI is InChI=1S/C23H30N2O2/c1-18-9-4-5-12-22(18)27-19(2)23(26)24-16-20-10-8-11-21(15-20)17-25-13-6-3-7-14-25/h4-5,8-12,15,19H,3,6-7,13-14,16-17H2,1-2H3,(H,24,26). The summed E-state index contributed by atoms with van der Waals surface area (Å²) >= 11 is 0. The van der Waals surface area contributed by atoms with E-state index >= 15 is 0 Å². The van der Waals surface area contributed by atoms with E-state index in [4.69, 9.17) is 4.74 Å². The first-order valence-corrected chi connectivity index (χ1v) is 9.92. The Hall–Kier alpha value is -2.33. The van der Waals surface area contributed by atoms with Crippen molar-refractivity contribution in [3.8, 4) is 5.75 Å². The normalized spacial score (nSPS) is 15.9. The van der Waals surface area contributed by atoms with Crippen LogP contribution in [0.25, 0.3) is 0 Å². The molecular weight excluding hydrogens is 336 g/mol. The summed E-state index contributed by atoms with van der Waals surface area (Å²) in [6.07, 6.45) is 3.43. The molecule has 1 aliphatic heterocycles. The zero-order chi connectivity index (χ0) is 19.1. The Kier molecular flexibility index (Phi) is 6.88. The van der Waals surface area contributed by atoms with Crippen LogP contribution in [0.3, 0.4) is 0 Å². The quantitative estimate of drug-likeness (QED) is 0.803. The fourth-order valence-corrected chi connectivity index (χ4v) is 3.48. The van der Waals surface area contributed by atoms with Crippen LogP contribution in [0.4, 0.5) is 0 Å². The molecule has 3 rings (SSSR count). The van der Waals surface area contributed by atoms with E-state index in [1.807, 2.05) is 31.2 Å². The van der Waals surface area contributed by atoms with Crippen LogP contribution in [0.1, 0.15) is 42.9 Å². The Balaban J connectivity index is 1.50. The summed E-state index contributed by atoms with van der Waals surface area (Å²) in [7, 11) is 0. The molecule has 1 unspecified atom stereocenters. The number of rotatable bonds is 7. The van der Waals surface area contributed by atoms with Gasteiger partial charge in [0.25, 0.3) is 5.91 Å². The maximum Gasteiger partial charge on any atom is 0.261 e. The van der Waals surface area contributed by atoms with E-state index in [0.717, 1.165) is 23.4 Å². The van der Waals surface area contributed by atoms with Crippen LogP contribution in [0.5, 0.6) is 5.75 Å². The molecule has 1 heterocycles. The molecule has 2 aromatic rings. The number of nitrogens with one attached hydrogen (secondary N) is 1. The van der Waals surface area contributed by atoms with Crippen molar-refractivity contribution in [2.75, 3.05) is 13.1 Å². The largest absolute Gasteiger partial charge is 0.481 e. The number of piperidine rings is 1. The number of amides is 1. The van der Waals surface area contributed by atoms with Gasteiger partial charge in [0.05, 0.1) is 0 Å². The Bertz CT molecular complexity index is 754. The third-order valence-electron chi connectivity index (χ3n) is 5.08. The molecule has 27 heavy (non-hydrogen) atoms. The van der Waals surface area contributed by atoms with Crippen LogP contribution in [0.2, 0.25) is 0 Å². The van der Waals surface area contributed by atoms with Crippen molar-refractivity contribution in [1.29, 1.82) is 0 Å². The Morgan fingerprint density at radius 3 is 2.59 bits per heavy atom. The Morgan fingerprint density at radius 1 is 1.07 bits per heavy atom. The first-order valence-electron chi connectivity index (χ1n) is 9.92. The molecule has 0 saturated carbocycles. The molecule has 1 saturated heterocycles. The van der Waals surface area contributed by atoms with Crippen LogP contribution in [-0.2, 0) is 17.9 Å². The number of nitrogens with zero attached hydrogens (tertiary/aromatic N) is 1. The lowest BCUT2D eigenvalue weighted by Gasteiger charge is -2.26. The summed E-state index contributed by atoms with van der Waals surface area (Å²) in [5, 5.41) is 2.99. The van der Waals surface area contributed by atoms with E-state index in [-0.39, 0.29) is 5.91 Å². The molecule has 144 valence electrons. The van der Waals surface area contributed by atoms with E-state index in [1.54, 1.807) is 6.92 Å². The van der Waals surface area contributed by atoms with Gasteiger partial charge in [-0.1, -0.05) is 48.9 Å². The van der Waals surface area contributed by atoms with Gasteiger partial charge in [-0.05, 0) is 62.5 Å². The number of carbonyl (C=O) groups excluding carboxylic acids is 1. The van der Waals surface area contributed by atoms with Crippen LogP contribution in [0, 0.1) is 6.92 Å². The molecule has 1 N–H and O–H groups in total. The number of likely N-dealkylation sites (tertiary alicyclic amines) is 1. The monoisotopic (exact) mass is 366 g/mol. The number of ether oxygens (including phenoxy) is 1. The van der Waals surface area contributed by atoms with E-state index in [2.05, 4.69) is 34.5 Å².